The van der Waals surface area contributed by atoms with Crippen molar-refractivity contribution < 1.29 is 9.90 Å². The van der Waals surface area contributed by atoms with Gasteiger partial charge in [-0.25, -0.2) is 0 Å². The zero-order chi connectivity index (χ0) is 13.3. The Morgan fingerprint density at radius 1 is 1.44 bits per heavy atom. The maximum Gasteiger partial charge on any atom is 0.323 e. The zero-order valence-electron chi connectivity index (χ0n) is 11.6. The molecular formula is C14H26N2O2. The monoisotopic (exact) mass is 254 g/mol. The fourth-order valence-corrected chi connectivity index (χ4v) is 3.89. The van der Waals surface area contributed by atoms with E-state index in [0.717, 1.165) is 19.3 Å². The number of likely N-dealkylation sites (tertiary alicyclic amines) is 1. The van der Waals surface area contributed by atoms with Crippen LogP contribution in [-0.4, -0.2) is 39.6 Å². The van der Waals surface area contributed by atoms with E-state index in [1.807, 2.05) is 0 Å². The number of carboxylic acid groups (broad SMARTS) is 1. The number of nitrogens with zero attached hydrogens (tertiary/aromatic N) is 1. The van der Waals surface area contributed by atoms with Crippen molar-refractivity contribution >= 4 is 5.97 Å². The van der Waals surface area contributed by atoms with E-state index in [1.54, 1.807) is 0 Å². The summed E-state index contributed by atoms with van der Waals surface area (Å²) >= 11 is 0. The molecule has 4 atom stereocenters. The van der Waals surface area contributed by atoms with E-state index in [9.17, 15) is 9.90 Å². The van der Waals surface area contributed by atoms with E-state index >= 15 is 0 Å². The van der Waals surface area contributed by atoms with Crippen molar-refractivity contribution in [1.29, 1.82) is 0 Å². The van der Waals surface area contributed by atoms with Gasteiger partial charge in [0.2, 0.25) is 0 Å². The quantitative estimate of drug-likeness (QED) is 0.808. The zero-order valence-corrected chi connectivity index (χ0v) is 11.6. The van der Waals surface area contributed by atoms with E-state index in [2.05, 4.69) is 18.7 Å². The van der Waals surface area contributed by atoms with Crippen LogP contribution in [0.4, 0.5) is 0 Å². The highest BCUT2D eigenvalue weighted by atomic mass is 16.4. The second-order valence-corrected chi connectivity index (χ2v) is 6.15. The van der Waals surface area contributed by atoms with Crippen molar-refractivity contribution in [2.75, 3.05) is 0 Å². The van der Waals surface area contributed by atoms with Gasteiger partial charge in [0, 0.05) is 18.1 Å². The predicted molar refractivity (Wildman–Crippen MR) is 71.4 cm³/mol. The number of carbonyl (C=O) groups is 1. The lowest BCUT2D eigenvalue weighted by atomic mass is 9.78. The number of hydrogen-bond donors (Lipinski definition) is 2. The van der Waals surface area contributed by atoms with Gasteiger partial charge in [0.1, 0.15) is 5.54 Å². The normalized spacial score (nSPS) is 42.1. The van der Waals surface area contributed by atoms with Gasteiger partial charge in [-0.2, -0.15) is 0 Å². The first-order valence-electron chi connectivity index (χ1n) is 7.27. The molecule has 4 nitrogen and oxygen atoms in total. The van der Waals surface area contributed by atoms with Crippen LogP contribution in [0.2, 0.25) is 0 Å². The van der Waals surface area contributed by atoms with E-state index in [4.69, 9.17) is 5.73 Å². The standard InChI is InChI=1S/C14H26N2O2/c1-3-11-7-6-10(2)16(11)12-5-4-8-14(15,9-12)13(17)18/h10-12H,3-9,15H2,1-2H3,(H,17,18). The molecule has 2 aliphatic rings. The lowest BCUT2D eigenvalue weighted by molar-refractivity contribution is -0.145. The molecule has 1 aliphatic carbocycles. The molecule has 1 heterocycles. The van der Waals surface area contributed by atoms with Crippen LogP contribution in [0, 0.1) is 0 Å². The van der Waals surface area contributed by atoms with E-state index in [0.29, 0.717) is 31.0 Å². The number of carboxylic acids is 1. The molecule has 4 unspecified atom stereocenters. The van der Waals surface area contributed by atoms with Crippen LogP contribution in [0.5, 0.6) is 0 Å². The van der Waals surface area contributed by atoms with Crippen molar-refractivity contribution in [1.82, 2.24) is 4.90 Å². The first-order valence-corrected chi connectivity index (χ1v) is 7.27. The molecule has 1 saturated heterocycles. The van der Waals surface area contributed by atoms with Crippen molar-refractivity contribution in [3.05, 3.63) is 0 Å². The smallest absolute Gasteiger partial charge is 0.323 e. The Morgan fingerprint density at radius 2 is 2.17 bits per heavy atom. The van der Waals surface area contributed by atoms with Gasteiger partial charge < -0.3 is 10.8 Å². The second-order valence-electron chi connectivity index (χ2n) is 6.15. The molecule has 4 heteroatoms. The first kappa shape index (κ1) is 13.8. The Labute approximate surface area is 110 Å². The third-order valence-corrected chi connectivity index (χ3v) is 4.93. The van der Waals surface area contributed by atoms with E-state index in [-0.39, 0.29) is 0 Å². The summed E-state index contributed by atoms with van der Waals surface area (Å²) in [4.78, 5) is 13.9. The van der Waals surface area contributed by atoms with E-state index < -0.39 is 11.5 Å². The minimum atomic E-state index is -0.997. The van der Waals surface area contributed by atoms with Gasteiger partial charge in [-0.15, -0.1) is 0 Å². The summed E-state index contributed by atoms with van der Waals surface area (Å²) in [5.74, 6) is -0.827. The van der Waals surface area contributed by atoms with E-state index in [1.165, 1.54) is 12.8 Å². The van der Waals surface area contributed by atoms with Crippen LogP contribution >= 0.6 is 0 Å². The topological polar surface area (TPSA) is 66.6 Å². The highest BCUT2D eigenvalue weighted by Crippen LogP contribution is 2.36. The summed E-state index contributed by atoms with van der Waals surface area (Å²) in [6.07, 6.45) is 6.92. The van der Waals surface area contributed by atoms with Crippen LogP contribution in [0.15, 0.2) is 0 Å². The molecule has 0 amide bonds. The van der Waals surface area contributed by atoms with Crippen LogP contribution in [-0.2, 0) is 4.79 Å². The number of aliphatic carboxylic acids is 1. The average molecular weight is 254 g/mol. The Kier molecular flexibility index (Phi) is 3.97. The lowest BCUT2D eigenvalue weighted by Gasteiger charge is -2.43. The van der Waals surface area contributed by atoms with Crippen LogP contribution in [0.25, 0.3) is 0 Å². The molecule has 104 valence electrons. The largest absolute Gasteiger partial charge is 0.480 e. The molecule has 18 heavy (non-hydrogen) atoms. The van der Waals surface area contributed by atoms with Gasteiger partial charge in [0.25, 0.3) is 0 Å². The molecule has 0 aromatic carbocycles. The summed E-state index contributed by atoms with van der Waals surface area (Å²) in [6, 6.07) is 1.57. The Morgan fingerprint density at radius 3 is 2.78 bits per heavy atom. The third-order valence-electron chi connectivity index (χ3n) is 4.93. The lowest BCUT2D eigenvalue weighted by Crippen LogP contribution is -2.57. The molecule has 0 spiro atoms. The fourth-order valence-electron chi connectivity index (χ4n) is 3.89. The highest BCUT2D eigenvalue weighted by molar-refractivity contribution is 5.78. The molecule has 0 radical (unpaired) electrons. The Hall–Kier alpha value is -0.610. The molecule has 3 N–H and O–H groups in total. The summed E-state index contributed by atoms with van der Waals surface area (Å²) in [5, 5.41) is 9.30. The summed E-state index contributed by atoms with van der Waals surface area (Å²) < 4.78 is 0. The van der Waals surface area contributed by atoms with Gasteiger partial charge in [-0.1, -0.05) is 6.92 Å². The maximum absolute atomic E-state index is 11.3. The van der Waals surface area contributed by atoms with Crippen molar-refractivity contribution in [3.63, 3.8) is 0 Å². The second kappa shape index (κ2) is 5.17. The minimum Gasteiger partial charge on any atom is -0.480 e. The predicted octanol–water partition coefficient (Wildman–Crippen LogP) is 1.97. The highest BCUT2D eigenvalue weighted by Gasteiger charge is 2.44. The van der Waals surface area contributed by atoms with Crippen LogP contribution in [0.1, 0.15) is 58.8 Å². The SMILES string of the molecule is CCC1CCC(C)N1C1CCCC(N)(C(=O)O)C1. The summed E-state index contributed by atoms with van der Waals surface area (Å²) in [6.45, 7) is 4.49. The summed E-state index contributed by atoms with van der Waals surface area (Å²) in [5.41, 5.74) is 5.07. The average Bonchev–Trinajstić information content (AvgIpc) is 2.70. The van der Waals surface area contributed by atoms with Gasteiger partial charge >= 0.3 is 5.97 Å². The van der Waals surface area contributed by atoms with Gasteiger partial charge in [0.05, 0.1) is 0 Å². The van der Waals surface area contributed by atoms with Crippen molar-refractivity contribution in [3.8, 4) is 0 Å². The van der Waals surface area contributed by atoms with Gasteiger partial charge in [-0.3, -0.25) is 9.69 Å². The van der Waals surface area contributed by atoms with Gasteiger partial charge in [0.15, 0.2) is 0 Å². The van der Waals surface area contributed by atoms with Crippen LogP contribution in [0.3, 0.4) is 0 Å². The molecule has 0 bridgehead atoms. The number of rotatable bonds is 3. The third kappa shape index (κ3) is 2.41. The number of nitrogens with two attached hydrogens (primary N) is 1. The van der Waals surface area contributed by atoms with Crippen molar-refractivity contribution in [2.24, 2.45) is 5.73 Å². The Bertz CT molecular complexity index is 321. The molecular weight excluding hydrogens is 228 g/mol. The minimum absolute atomic E-state index is 0.363. The molecule has 2 fully saturated rings. The molecule has 0 aromatic heterocycles. The van der Waals surface area contributed by atoms with Crippen LogP contribution < -0.4 is 5.73 Å². The molecule has 1 aliphatic heterocycles. The number of hydrogen-bond acceptors (Lipinski definition) is 3. The maximum atomic E-state index is 11.3. The first-order chi connectivity index (χ1) is 8.48. The molecule has 1 saturated carbocycles. The van der Waals surface area contributed by atoms with Gasteiger partial charge in [-0.05, 0) is 51.9 Å². The fraction of sp³-hybridized carbons (Fsp3) is 0.929. The summed E-state index contributed by atoms with van der Waals surface area (Å²) in [7, 11) is 0. The molecule has 0 aromatic rings. The molecule has 2 rings (SSSR count). The Balaban J connectivity index is 2.10. The van der Waals surface area contributed by atoms with Crippen molar-refractivity contribution in [2.45, 2.75) is 82.5 Å².